The molecule has 0 spiro atoms. The van der Waals surface area contributed by atoms with Crippen molar-refractivity contribution in [2.75, 3.05) is 33.4 Å². The summed E-state index contributed by atoms with van der Waals surface area (Å²) >= 11 is 0. The van der Waals surface area contributed by atoms with Gasteiger partial charge >= 0.3 is 0 Å². The van der Waals surface area contributed by atoms with E-state index in [9.17, 15) is 4.79 Å². The molecule has 0 aliphatic heterocycles. The lowest BCUT2D eigenvalue weighted by Gasteiger charge is -2.06. The molecule has 0 aliphatic rings. The highest BCUT2D eigenvalue weighted by Gasteiger charge is 1.99. The van der Waals surface area contributed by atoms with E-state index >= 15 is 0 Å². The van der Waals surface area contributed by atoms with Crippen LogP contribution in [0.5, 0.6) is 0 Å². The molecule has 0 fully saturated rings. The summed E-state index contributed by atoms with van der Waals surface area (Å²) in [5.74, 6) is 0.0840. The summed E-state index contributed by atoms with van der Waals surface area (Å²) in [6.07, 6.45) is 11.5. The van der Waals surface area contributed by atoms with Crippen LogP contribution in [0.25, 0.3) is 0 Å². The quantitative estimate of drug-likeness (QED) is 0.455. The van der Waals surface area contributed by atoms with Crippen LogP contribution in [0.1, 0.15) is 64.7 Å². The first-order chi connectivity index (χ1) is 9.81. The number of ether oxygens (including phenoxy) is 1. The molecule has 1 amide bonds. The fourth-order valence-electron chi connectivity index (χ4n) is 2.09. The maximum atomic E-state index is 11.4. The molecule has 2 N–H and O–H groups in total. The summed E-state index contributed by atoms with van der Waals surface area (Å²) in [6, 6.07) is 0. The van der Waals surface area contributed by atoms with E-state index in [1.807, 2.05) is 0 Å². The minimum atomic E-state index is 0.0840. The van der Waals surface area contributed by atoms with Crippen molar-refractivity contribution in [3.8, 4) is 0 Å². The highest BCUT2D eigenvalue weighted by atomic mass is 16.5. The summed E-state index contributed by atoms with van der Waals surface area (Å²) in [6.45, 7) is 5.03. The second-order valence-corrected chi connectivity index (χ2v) is 5.35. The van der Waals surface area contributed by atoms with Crippen molar-refractivity contribution in [2.45, 2.75) is 64.7 Å². The molecule has 0 heterocycles. The van der Waals surface area contributed by atoms with Gasteiger partial charge in [-0.25, -0.2) is 0 Å². The summed E-state index contributed by atoms with van der Waals surface area (Å²) in [5.41, 5.74) is 0. The molecule has 0 aromatic heterocycles. The zero-order valence-electron chi connectivity index (χ0n) is 13.5. The molecule has 0 rings (SSSR count). The Bertz CT molecular complexity index is 211. The molecule has 0 aromatic carbocycles. The normalized spacial score (nSPS) is 10.7. The second-order valence-electron chi connectivity index (χ2n) is 5.35. The second kappa shape index (κ2) is 16.4. The van der Waals surface area contributed by atoms with Crippen molar-refractivity contribution in [2.24, 2.45) is 0 Å². The minimum absolute atomic E-state index is 0.0840. The van der Waals surface area contributed by atoms with Gasteiger partial charge in [-0.15, -0.1) is 0 Å². The summed E-state index contributed by atoms with van der Waals surface area (Å²) in [7, 11) is 1.67. The molecular weight excluding hydrogens is 252 g/mol. The molecule has 20 heavy (non-hydrogen) atoms. The van der Waals surface area contributed by atoms with E-state index in [0.29, 0.717) is 19.7 Å². The zero-order valence-corrected chi connectivity index (χ0v) is 13.5. The number of hydrogen-bond donors (Lipinski definition) is 2. The first kappa shape index (κ1) is 19.4. The van der Waals surface area contributed by atoms with Gasteiger partial charge in [0.25, 0.3) is 0 Å². The third-order valence-corrected chi connectivity index (χ3v) is 3.34. The Morgan fingerprint density at radius 3 is 2.20 bits per heavy atom. The number of carbonyl (C=O) groups is 1. The number of rotatable bonds is 15. The van der Waals surface area contributed by atoms with Crippen molar-refractivity contribution < 1.29 is 9.53 Å². The van der Waals surface area contributed by atoms with Gasteiger partial charge in [-0.1, -0.05) is 51.9 Å². The van der Waals surface area contributed by atoms with Crippen LogP contribution in [0.2, 0.25) is 0 Å². The Morgan fingerprint density at radius 1 is 0.900 bits per heavy atom. The van der Waals surface area contributed by atoms with E-state index < -0.39 is 0 Å². The van der Waals surface area contributed by atoms with Crippen molar-refractivity contribution in [1.82, 2.24) is 10.6 Å². The Hall–Kier alpha value is -0.610. The topological polar surface area (TPSA) is 50.4 Å². The monoisotopic (exact) mass is 286 g/mol. The number of carbonyl (C=O) groups excluding carboxylic acids is 1. The fraction of sp³-hybridized carbons (Fsp3) is 0.938. The molecule has 0 radical (unpaired) electrons. The molecule has 0 aliphatic carbocycles. The third-order valence-electron chi connectivity index (χ3n) is 3.34. The van der Waals surface area contributed by atoms with Crippen LogP contribution in [-0.2, 0) is 9.53 Å². The van der Waals surface area contributed by atoms with Crippen LogP contribution < -0.4 is 10.6 Å². The molecule has 0 bridgehead atoms. The third kappa shape index (κ3) is 15.4. The number of nitrogens with one attached hydrogen (secondary N) is 2. The molecule has 0 atom stereocenters. The maximum Gasteiger partial charge on any atom is 0.233 e. The van der Waals surface area contributed by atoms with Crippen molar-refractivity contribution >= 4 is 5.91 Å². The maximum absolute atomic E-state index is 11.4. The number of methoxy groups -OCH3 is 1. The molecular formula is C16H34N2O2. The van der Waals surface area contributed by atoms with Crippen LogP contribution in [-0.4, -0.2) is 39.3 Å². The zero-order chi connectivity index (χ0) is 14.9. The summed E-state index contributed by atoms with van der Waals surface area (Å²) < 4.78 is 4.92. The highest BCUT2D eigenvalue weighted by Crippen LogP contribution is 2.07. The SMILES string of the molecule is CCCCCCCCCCNCC(=O)NCCCOC. The smallest absolute Gasteiger partial charge is 0.233 e. The molecule has 0 saturated heterocycles. The van der Waals surface area contributed by atoms with Gasteiger partial charge in [0.15, 0.2) is 0 Å². The standard InChI is InChI=1S/C16H34N2O2/c1-3-4-5-6-7-8-9-10-12-17-15-16(19)18-13-11-14-20-2/h17H,3-15H2,1-2H3,(H,18,19). The predicted molar refractivity (Wildman–Crippen MR) is 85.0 cm³/mol. The Kier molecular flexibility index (Phi) is 15.9. The van der Waals surface area contributed by atoms with Crippen LogP contribution >= 0.6 is 0 Å². The van der Waals surface area contributed by atoms with Crippen LogP contribution in [0.3, 0.4) is 0 Å². The van der Waals surface area contributed by atoms with Crippen molar-refractivity contribution in [3.63, 3.8) is 0 Å². The Balaban J connectivity index is 3.09. The molecule has 4 nitrogen and oxygen atoms in total. The summed E-state index contributed by atoms with van der Waals surface area (Å²) in [4.78, 5) is 11.4. The fourth-order valence-corrected chi connectivity index (χ4v) is 2.09. The van der Waals surface area contributed by atoms with Gasteiger partial charge in [0.1, 0.15) is 0 Å². The van der Waals surface area contributed by atoms with Crippen LogP contribution in [0.4, 0.5) is 0 Å². The molecule has 0 unspecified atom stereocenters. The van der Waals surface area contributed by atoms with Gasteiger partial charge in [-0.2, -0.15) is 0 Å². The highest BCUT2D eigenvalue weighted by molar-refractivity contribution is 5.77. The van der Waals surface area contributed by atoms with E-state index in [4.69, 9.17) is 4.74 Å². The number of amides is 1. The predicted octanol–water partition coefficient (Wildman–Crippen LogP) is 2.87. The van der Waals surface area contributed by atoms with E-state index in [2.05, 4.69) is 17.6 Å². The lowest BCUT2D eigenvalue weighted by atomic mass is 10.1. The van der Waals surface area contributed by atoms with Gasteiger partial charge in [-0.05, 0) is 19.4 Å². The van der Waals surface area contributed by atoms with Gasteiger partial charge in [0.05, 0.1) is 6.54 Å². The van der Waals surface area contributed by atoms with Crippen LogP contribution in [0, 0.1) is 0 Å². The number of unbranched alkanes of at least 4 members (excludes halogenated alkanes) is 7. The lowest BCUT2D eigenvalue weighted by Crippen LogP contribution is -2.35. The Labute approximate surface area is 125 Å². The first-order valence-electron chi connectivity index (χ1n) is 8.27. The van der Waals surface area contributed by atoms with Crippen LogP contribution in [0.15, 0.2) is 0 Å². The number of hydrogen-bond acceptors (Lipinski definition) is 3. The van der Waals surface area contributed by atoms with E-state index in [1.165, 1.54) is 51.4 Å². The average molecular weight is 286 g/mol. The minimum Gasteiger partial charge on any atom is -0.385 e. The largest absolute Gasteiger partial charge is 0.385 e. The average Bonchev–Trinajstić information content (AvgIpc) is 2.45. The van der Waals surface area contributed by atoms with E-state index in [1.54, 1.807) is 7.11 Å². The molecule has 120 valence electrons. The molecule has 0 aromatic rings. The summed E-state index contributed by atoms with van der Waals surface area (Å²) in [5, 5.41) is 6.06. The van der Waals surface area contributed by atoms with E-state index in [0.717, 1.165) is 13.0 Å². The van der Waals surface area contributed by atoms with Gasteiger partial charge in [0, 0.05) is 20.3 Å². The van der Waals surface area contributed by atoms with Crippen molar-refractivity contribution in [3.05, 3.63) is 0 Å². The Morgan fingerprint density at radius 2 is 1.55 bits per heavy atom. The lowest BCUT2D eigenvalue weighted by molar-refractivity contribution is -0.120. The van der Waals surface area contributed by atoms with Gasteiger partial charge in [-0.3, -0.25) is 4.79 Å². The van der Waals surface area contributed by atoms with Gasteiger partial charge in [0.2, 0.25) is 5.91 Å². The molecule has 0 saturated carbocycles. The van der Waals surface area contributed by atoms with E-state index in [-0.39, 0.29) is 5.91 Å². The first-order valence-corrected chi connectivity index (χ1v) is 8.27. The van der Waals surface area contributed by atoms with Crippen molar-refractivity contribution in [1.29, 1.82) is 0 Å². The molecule has 4 heteroatoms. The van der Waals surface area contributed by atoms with Gasteiger partial charge < -0.3 is 15.4 Å².